The van der Waals surface area contributed by atoms with Gasteiger partial charge in [-0.2, -0.15) is 26.3 Å². The summed E-state index contributed by atoms with van der Waals surface area (Å²) in [4.78, 5) is 6.10. The molecule has 4 nitrogen and oxygen atoms in total. The lowest BCUT2D eigenvalue weighted by atomic mass is 9.99. The molecule has 2 unspecified atom stereocenters. The van der Waals surface area contributed by atoms with Crippen molar-refractivity contribution in [1.82, 2.24) is 4.98 Å². The van der Waals surface area contributed by atoms with Gasteiger partial charge in [-0.25, -0.2) is 4.98 Å². The van der Waals surface area contributed by atoms with E-state index in [0.29, 0.717) is 36.9 Å². The van der Waals surface area contributed by atoms with Crippen LogP contribution >= 0.6 is 0 Å². The quantitative estimate of drug-likeness (QED) is 0.438. The summed E-state index contributed by atoms with van der Waals surface area (Å²) in [6.07, 6.45) is -3.38. The molecule has 2 aromatic rings. The van der Waals surface area contributed by atoms with Crippen molar-refractivity contribution in [1.29, 1.82) is 0 Å². The van der Waals surface area contributed by atoms with Gasteiger partial charge in [0.1, 0.15) is 11.9 Å². The molecule has 1 aliphatic carbocycles. The van der Waals surface area contributed by atoms with Gasteiger partial charge in [0, 0.05) is 31.1 Å². The normalized spacial score (nSPS) is 24.9. The molecule has 34 heavy (non-hydrogen) atoms. The van der Waals surface area contributed by atoms with Crippen molar-refractivity contribution in [3.63, 3.8) is 0 Å². The summed E-state index contributed by atoms with van der Waals surface area (Å²) in [5.41, 5.74) is -1.57. The number of rotatable bonds is 6. The number of aromatic nitrogens is 1. The Morgan fingerprint density at radius 3 is 2.03 bits per heavy atom. The van der Waals surface area contributed by atoms with E-state index in [9.17, 15) is 26.3 Å². The summed E-state index contributed by atoms with van der Waals surface area (Å²) in [7, 11) is 0. The number of hydrogen-bond donors (Lipinski definition) is 0. The molecule has 10 heteroatoms. The molecule has 5 rings (SSSR count). The molecule has 3 heterocycles. The van der Waals surface area contributed by atoms with Crippen molar-refractivity contribution in [2.24, 2.45) is 5.92 Å². The van der Waals surface area contributed by atoms with Crippen molar-refractivity contribution in [3.05, 3.63) is 47.7 Å². The summed E-state index contributed by atoms with van der Waals surface area (Å²) >= 11 is 0. The third-order valence-electron chi connectivity index (χ3n) is 6.77. The van der Waals surface area contributed by atoms with Crippen LogP contribution in [0.2, 0.25) is 0 Å². The number of alkyl halides is 6. The van der Waals surface area contributed by atoms with Gasteiger partial charge in [-0.3, -0.25) is 0 Å². The number of halogens is 6. The Morgan fingerprint density at radius 1 is 0.824 bits per heavy atom. The minimum Gasteiger partial charge on any atom is -0.489 e. The first kappa shape index (κ1) is 23.1. The van der Waals surface area contributed by atoms with Gasteiger partial charge >= 0.3 is 12.4 Å². The number of hydrogen-bond acceptors (Lipinski definition) is 4. The van der Waals surface area contributed by atoms with Crippen molar-refractivity contribution >= 4 is 5.82 Å². The molecule has 0 spiro atoms. The number of pyridine rings is 1. The highest BCUT2D eigenvalue weighted by molar-refractivity contribution is 5.46. The van der Waals surface area contributed by atoms with Crippen LogP contribution in [-0.4, -0.2) is 29.8 Å². The van der Waals surface area contributed by atoms with Gasteiger partial charge in [-0.1, -0.05) is 0 Å². The predicted octanol–water partition coefficient (Wildman–Crippen LogP) is 6.49. The monoisotopic (exact) mass is 486 g/mol. The van der Waals surface area contributed by atoms with Gasteiger partial charge in [-0.15, -0.1) is 0 Å². The minimum absolute atomic E-state index is 0.0401. The maximum atomic E-state index is 13.2. The Hall–Kier alpha value is -2.65. The maximum Gasteiger partial charge on any atom is 0.417 e. The molecule has 2 bridgehead atoms. The smallest absolute Gasteiger partial charge is 0.417 e. The van der Waals surface area contributed by atoms with E-state index in [0.717, 1.165) is 50.1 Å². The van der Waals surface area contributed by atoms with Crippen LogP contribution in [0.3, 0.4) is 0 Å². The van der Waals surface area contributed by atoms with Crippen LogP contribution in [0, 0.1) is 5.92 Å². The van der Waals surface area contributed by atoms with E-state index < -0.39 is 23.5 Å². The molecule has 1 aromatic heterocycles. The number of anilines is 1. The number of nitrogens with zero attached hydrogens (tertiary/aromatic N) is 2. The largest absolute Gasteiger partial charge is 0.489 e. The maximum absolute atomic E-state index is 13.2. The van der Waals surface area contributed by atoms with Crippen LogP contribution < -0.4 is 14.4 Å². The average molecular weight is 486 g/mol. The Morgan fingerprint density at radius 2 is 1.47 bits per heavy atom. The van der Waals surface area contributed by atoms with E-state index >= 15 is 0 Å². The average Bonchev–Trinajstić information content (AvgIpc) is 3.56. The molecule has 1 aromatic carbocycles. The summed E-state index contributed by atoms with van der Waals surface area (Å²) in [5, 5.41) is 0. The summed E-state index contributed by atoms with van der Waals surface area (Å²) in [6.45, 7) is 0.362. The molecule has 184 valence electrons. The molecule has 2 aliphatic heterocycles. The Balaban J connectivity index is 1.30. The van der Waals surface area contributed by atoms with E-state index in [-0.39, 0.29) is 23.9 Å². The first-order valence-electron chi connectivity index (χ1n) is 11.4. The summed E-state index contributed by atoms with van der Waals surface area (Å²) in [6, 6.07) is 5.82. The lowest BCUT2D eigenvalue weighted by molar-refractivity contribution is -0.138. The molecule has 3 aliphatic rings. The number of piperidine rings is 1. The molecular weight excluding hydrogens is 462 g/mol. The van der Waals surface area contributed by atoms with Crippen LogP contribution in [0.5, 0.6) is 11.5 Å². The highest BCUT2D eigenvalue weighted by Crippen LogP contribution is 2.43. The fraction of sp³-hybridized carbons (Fsp3) is 0.542. The van der Waals surface area contributed by atoms with Crippen LogP contribution in [0.4, 0.5) is 32.2 Å². The summed E-state index contributed by atoms with van der Waals surface area (Å²) < 4.78 is 90.1. The van der Waals surface area contributed by atoms with Crippen molar-refractivity contribution in [3.8, 4) is 11.5 Å². The molecule has 1 saturated carbocycles. The van der Waals surface area contributed by atoms with Gasteiger partial charge in [0.25, 0.3) is 0 Å². The Bertz CT molecular complexity index is 1010. The standard InChI is InChI=1S/C24H24F6N2O2/c25-23(26,27)15-3-7-20(21(9-15)33-13-14-1-2-14)34-19-10-17-5-6-18(11-19)32(17)22-8-4-16(12-31-22)24(28,29)30/h3-4,7-9,12,14,17-19H,1-2,5-6,10-11,13H2. The van der Waals surface area contributed by atoms with Crippen molar-refractivity contribution in [2.75, 3.05) is 11.5 Å². The third kappa shape index (κ3) is 4.90. The molecule has 0 radical (unpaired) electrons. The Kier molecular flexibility index (Phi) is 5.80. The molecule has 2 atom stereocenters. The first-order chi connectivity index (χ1) is 16.1. The van der Waals surface area contributed by atoms with E-state index in [1.165, 1.54) is 12.1 Å². The third-order valence-corrected chi connectivity index (χ3v) is 6.77. The van der Waals surface area contributed by atoms with E-state index in [1.807, 2.05) is 0 Å². The van der Waals surface area contributed by atoms with E-state index in [2.05, 4.69) is 9.88 Å². The van der Waals surface area contributed by atoms with Crippen LogP contribution in [-0.2, 0) is 12.4 Å². The SMILES string of the molecule is FC(F)(F)c1ccc(N2C3CCC2CC(Oc2ccc(C(F)(F)F)cc2OCC2CC2)C3)nc1. The van der Waals surface area contributed by atoms with Crippen molar-refractivity contribution in [2.45, 2.75) is 69.1 Å². The van der Waals surface area contributed by atoms with Crippen molar-refractivity contribution < 1.29 is 35.8 Å². The highest BCUT2D eigenvalue weighted by Gasteiger charge is 2.43. The van der Waals surface area contributed by atoms with E-state index in [1.54, 1.807) is 0 Å². The molecule has 3 fully saturated rings. The van der Waals surface area contributed by atoms with Gasteiger partial charge in [0.2, 0.25) is 0 Å². The van der Waals surface area contributed by atoms with Gasteiger partial charge in [0.05, 0.1) is 17.7 Å². The van der Waals surface area contributed by atoms with Crippen LogP contribution in [0.1, 0.15) is 49.7 Å². The summed E-state index contributed by atoms with van der Waals surface area (Å²) in [5.74, 6) is 1.26. The lowest BCUT2D eigenvalue weighted by Gasteiger charge is -2.39. The second-order valence-electron chi connectivity index (χ2n) is 9.32. The Labute approximate surface area is 192 Å². The minimum atomic E-state index is -4.48. The van der Waals surface area contributed by atoms with Crippen LogP contribution in [0.15, 0.2) is 36.5 Å². The number of ether oxygens (including phenoxy) is 2. The fourth-order valence-corrected chi connectivity index (χ4v) is 4.87. The molecule has 0 amide bonds. The molecule has 0 N–H and O–H groups in total. The van der Waals surface area contributed by atoms with Gasteiger partial charge in [0.15, 0.2) is 11.5 Å². The van der Waals surface area contributed by atoms with Gasteiger partial charge < -0.3 is 14.4 Å². The second-order valence-corrected chi connectivity index (χ2v) is 9.32. The molecule has 2 saturated heterocycles. The van der Waals surface area contributed by atoms with Crippen LogP contribution in [0.25, 0.3) is 0 Å². The second kappa shape index (κ2) is 8.53. The van der Waals surface area contributed by atoms with E-state index in [4.69, 9.17) is 9.47 Å². The zero-order valence-electron chi connectivity index (χ0n) is 18.2. The highest BCUT2D eigenvalue weighted by atomic mass is 19.4. The zero-order valence-corrected chi connectivity index (χ0v) is 18.2. The first-order valence-corrected chi connectivity index (χ1v) is 11.4. The number of benzene rings is 1. The lowest BCUT2D eigenvalue weighted by Crippen LogP contribution is -2.46. The topological polar surface area (TPSA) is 34.6 Å². The predicted molar refractivity (Wildman–Crippen MR) is 112 cm³/mol. The zero-order chi connectivity index (χ0) is 24.1. The van der Waals surface area contributed by atoms with Gasteiger partial charge in [-0.05, 0) is 61.9 Å². The molecular formula is C24H24F6N2O2. The fourth-order valence-electron chi connectivity index (χ4n) is 4.87. The number of fused-ring (bicyclic) bond motifs is 2.